The highest BCUT2D eigenvalue weighted by atomic mass is 32.1. The van der Waals surface area contributed by atoms with Crippen LogP contribution in [0.3, 0.4) is 0 Å². The molecule has 0 aliphatic carbocycles. The molecule has 5 nitrogen and oxygen atoms in total. The fraction of sp³-hybridized carbons (Fsp3) is 0.750. The van der Waals surface area contributed by atoms with E-state index >= 15 is 0 Å². The second-order valence-electron chi connectivity index (χ2n) is 6.12. The van der Waals surface area contributed by atoms with Gasteiger partial charge in [-0.1, -0.05) is 6.92 Å². The van der Waals surface area contributed by atoms with E-state index in [-0.39, 0.29) is 5.91 Å². The Morgan fingerprint density at radius 1 is 1.32 bits per heavy atom. The van der Waals surface area contributed by atoms with Gasteiger partial charge < -0.3 is 9.64 Å². The van der Waals surface area contributed by atoms with E-state index in [9.17, 15) is 4.79 Å². The molecule has 3 heterocycles. The Balaban J connectivity index is 1.47. The number of likely N-dealkylation sites (tertiary alicyclic amines) is 1. The number of aryl methyl sites for hydroxylation is 1. The predicted molar refractivity (Wildman–Crippen MR) is 87.4 cm³/mol. The Kier molecular flexibility index (Phi) is 5.44. The van der Waals surface area contributed by atoms with Crippen molar-refractivity contribution in [2.45, 2.75) is 26.2 Å². The van der Waals surface area contributed by atoms with E-state index in [1.807, 2.05) is 4.90 Å². The van der Waals surface area contributed by atoms with Crippen molar-refractivity contribution in [2.24, 2.45) is 5.92 Å². The molecule has 1 amide bonds. The van der Waals surface area contributed by atoms with Crippen LogP contribution in [0.25, 0.3) is 0 Å². The molecule has 2 aliphatic heterocycles. The molecule has 1 aromatic heterocycles. The van der Waals surface area contributed by atoms with Crippen molar-refractivity contribution < 1.29 is 9.53 Å². The van der Waals surface area contributed by atoms with Gasteiger partial charge in [0.1, 0.15) is 4.88 Å². The van der Waals surface area contributed by atoms with Gasteiger partial charge in [-0.3, -0.25) is 9.69 Å². The highest BCUT2D eigenvalue weighted by Gasteiger charge is 2.26. The Labute approximate surface area is 136 Å². The fourth-order valence-electron chi connectivity index (χ4n) is 3.20. The molecule has 0 saturated carbocycles. The summed E-state index contributed by atoms with van der Waals surface area (Å²) in [5.41, 5.74) is 0. The van der Waals surface area contributed by atoms with Gasteiger partial charge in [0.15, 0.2) is 0 Å². The highest BCUT2D eigenvalue weighted by molar-refractivity contribution is 7.13. The maximum absolute atomic E-state index is 12.5. The van der Waals surface area contributed by atoms with Gasteiger partial charge in [0.25, 0.3) is 5.91 Å². The lowest BCUT2D eigenvalue weighted by atomic mass is 9.96. The lowest BCUT2D eigenvalue weighted by molar-refractivity contribution is 0.0243. The third-order valence-corrected chi connectivity index (χ3v) is 5.72. The molecular weight excluding hydrogens is 298 g/mol. The zero-order valence-corrected chi connectivity index (χ0v) is 14.1. The number of hydrogen-bond donors (Lipinski definition) is 0. The molecule has 2 aliphatic rings. The molecule has 122 valence electrons. The van der Waals surface area contributed by atoms with Gasteiger partial charge in [0.05, 0.1) is 24.4 Å². The highest BCUT2D eigenvalue weighted by Crippen LogP contribution is 2.22. The average Bonchev–Trinajstić information content (AvgIpc) is 3.05. The monoisotopic (exact) mass is 323 g/mol. The number of rotatable bonds is 4. The smallest absolute Gasteiger partial charge is 0.265 e. The van der Waals surface area contributed by atoms with Crippen LogP contribution in [0.15, 0.2) is 6.20 Å². The molecule has 0 spiro atoms. The summed E-state index contributed by atoms with van der Waals surface area (Å²) in [5.74, 6) is 0.886. The van der Waals surface area contributed by atoms with Crippen LogP contribution in [0.2, 0.25) is 0 Å². The molecule has 1 aromatic rings. The van der Waals surface area contributed by atoms with Gasteiger partial charge in [-0.05, 0) is 25.2 Å². The Hall–Kier alpha value is -0.980. The summed E-state index contributed by atoms with van der Waals surface area (Å²) in [7, 11) is 0. The standard InChI is InChI=1S/C16H25N3O2S/c1-2-15-17-11-14(22-15)16(20)19-5-3-13(4-6-19)12-18-7-9-21-10-8-18/h11,13H,2-10,12H2,1H3. The quantitative estimate of drug-likeness (QED) is 0.849. The first-order valence-corrected chi connectivity index (χ1v) is 9.12. The second-order valence-corrected chi connectivity index (χ2v) is 7.24. The molecule has 2 saturated heterocycles. The Morgan fingerprint density at radius 2 is 2.05 bits per heavy atom. The molecule has 0 aromatic carbocycles. The normalized spacial score (nSPS) is 21.2. The van der Waals surface area contributed by atoms with Crippen molar-refractivity contribution in [2.75, 3.05) is 45.9 Å². The van der Waals surface area contributed by atoms with Crippen molar-refractivity contribution in [3.05, 3.63) is 16.1 Å². The lowest BCUT2D eigenvalue weighted by Gasteiger charge is -2.35. The minimum absolute atomic E-state index is 0.169. The van der Waals surface area contributed by atoms with Crippen molar-refractivity contribution in [3.8, 4) is 0 Å². The molecule has 0 atom stereocenters. The van der Waals surface area contributed by atoms with Crippen LogP contribution in [0.5, 0.6) is 0 Å². The molecule has 0 unspecified atom stereocenters. The molecular formula is C16H25N3O2S. The summed E-state index contributed by atoms with van der Waals surface area (Å²) in [4.78, 5) is 22.1. The number of morpholine rings is 1. The van der Waals surface area contributed by atoms with E-state index in [2.05, 4.69) is 16.8 Å². The van der Waals surface area contributed by atoms with E-state index in [0.29, 0.717) is 0 Å². The zero-order valence-electron chi connectivity index (χ0n) is 13.3. The van der Waals surface area contributed by atoms with Gasteiger partial charge in [-0.15, -0.1) is 11.3 Å². The third-order valence-electron chi connectivity index (χ3n) is 4.59. The van der Waals surface area contributed by atoms with Crippen LogP contribution in [0.1, 0.15) is 34.4 Å². The Bertz CT molecular complexity index is 491. The van der Waals surface area contributed by atoms with E-state index < -0.39 is 0 Å². The lowest BCUT2D eigenvalue weighted by Crippen LogP contribution is -2.44. The SMILES string of the molecule is CCc1ncc(C(=O)N2CCC(CN3CCOCC3)CC2)s1. The first kappa shape index (κ1) is 15.9. The molecule has 0 radical (unpaired) electrons. The van der Waals surface area contributed by atoms with Crippen LogP contribution in [-0.2, 0) is 11.2 Å². The summed E-state index contributed by atoms with van der Waals surface area (Å²) < 4.78 is 5.40. The number of hydrogen-bond acceptors (Lipinski definition) is 5. The zero-order chi connectivity index (χ0) is 15.4. The number of ether oxygens (including phenoxy) is 1. The first-order valence-electron chi connectivity index (χ1n) is 8.30. The molecule has 0 bridgehead atoms. The van der Waals surface area contributed by atoms with Crippen molar-refractivity contribution >= 4 is 17.2 Å². The number of carbonyl (C=O) groups is 1. The van der Waals surface area contributed by atoms with Crippen LogP contribution in [0, 0.1) is 5.92 Å². The summed E-state index contributed by atoms with van der Waals surface area (Å²) in [5, 5.41) is 1.05. The Morgan fingerprint density at radius 3 is 2.68 bits per heavy atom. The maximum atomic E-state index is 12.5. The van der Waals surface area contributed by atoms with Gasteiger partial charge >= 0.3 is 0 Å². The van der Waals surface area contributed by atoms with Crippen LogP contribution < -0.4 is 0 Å². The van der Waals surface area contributed by atoms with Crippen LogP contribution in [0.4, 0.5) is 0 Å². The predicted octanol–water partition coefficient (Wildman–Crippen LogP) is 1.89. The van der Waals surface area contributed by atoms with Gasteiger partial charge in [-0.2, -0.15) is 0 Å². The number of carbonyl (C=O) groups excluding carboxylic acids is 1. The molecule has 2 fully saturated rings. The largest absolute Gasteiger partial charge is 0.379 e. The molecule has 6 heteroatoms. The van der Waals surface area contributed by atoms with Crippen LogP contribution >= 0.6 is 11.3 Å². The van der Waals surface area contributed by atoms with E-state index in [4.69, 9.17) is 4.74 Å². The first-order chi connectivity index (χ1) is 10.8. The van der Waals surface area contributed by atoms with Crippen LogP contribution in [-0.4, -0.2) is 66.6 Å². The number of aromatic nitrogens is 1. The van der Waals surface area contributed by atoms with Gasteiger partial charge in [0.2, 0.25) is 0 Å². The fourth-order valence-corrected chi connectivity index (χ4v) is 4.02. The van der Waals surface area contributed by atoms with Crippen molar-refractivity contribution in [3.63, 3.8) is 0 Å². The van der Waals surface area contributed by atoms with Crippen molar-refractivity contribution in [1.82, 2.24) is 14.8 Å². The average molecular weight is 323 g/mol. The van der Waals surface area contributed by atoms with Gasteiger partial charge in [-0.25, -0.2) is 4.98 Å². The topological polar surface area (TPSA) is 45.7 Å². The maximum Gasteiger partial charge on any atom is 0.265 e. The second kappa shape index (κ2) is 7.53. The molecule has 3 rings (SSSR count). The van der Waals surface area contributed by atoms with E-state index in [0.717, 1.165) is 81.0 Å². The van der Waals surface area contributed by atoms with Crippen molar-refractivity contribution in [1.29, 1.82) is 0 Å². The molecule has 0 N–H and O–H groups in total. The number of piperidine rings is 1. The summed E-state index contributed by atoms with van der Waals surface area (Å²) in [6.45, 7) is 8.83. The summed E-state index contributed by atoms with van der Waals surface area (Å²) >= 11 is 1.54. The third kappa shape index (κ3) is 3.86. The number of nitrogens with zero attached hydrogens (tertiary/aromatic N) is 3. The minimum Gasteiger partial charge on any atom is -0.379 e. The minimum atomic E-state index is 0.169. The summed E-state index contributed by atoms with van der Waals surface area (Å²) in [6.07, 6.45) is 4.87. The number of thiazole rings is 1. The molecule has 22 heavy (non-hydrogen) atoms. The van der Waals surface area contributed by atoms with Gasteiger partial charge in [0, 0.05) is 32.7 Å². The van der Waals surface area contributed by atoms with E-state index in [1.165, 1.54) is 11.3 Å². The van der Waals surface area contributed by atoms with E-state index in [1.54, 1.807) is 6.20 Å². The number of amides is 1. The summed E-state index contributed by atoms with van der Waals surface area (Å²) in [6, 6.07) is 0.